The Balaban J connectivity index is -0.0000000910. The van der Waals surface area contributed by atoms with Crippen molar-refractivity contribution in [2.45, 2.75) is 20.8 Å². The number of hydrogen-bond acceptors (Lipinski definition) is 3. The molecule has 0 saturated carbocycles. The van der Waals surface area contributed by atoms with E-state index in [1.54, 1.807) is 0 Å². The molecule has 1 atom stereocenters. The number of rotatable bonds is 1. The van der Waals surface area contributed by atoms with Gasteiger partial charge in [-0.2, -0.15) is 0 Å². The summed E-state index contributed by atoms with van der Waals surface area (Å²) in [7, 11) is 0. The Morgan fingerprint density at radius 2 is 1.60 bits per heavy atom. The van der Waals surface area contributed by atoms with Crippen LogP contribution < -0.4 is 29.6 Å². The molecule has 1 unspecified atom stereocenters. The van der Waals surface area contributed by atoms with E-state index in [2.05, 4.69) is 20.8 Å². The van der Waals surface area contributed by atoms with Gasteiger partial charge in [-0.3, -0.25) is 4.21 Å². The van der Waals surface area contributed by atoms with E-state index in [9.17, 15) is 0 Å². The predicted octanol–water partition coefficient (Wildman–Crippen LogP) is -2.52. The summed E-state index contributed by atoms with van der Waals surface area (Å²) in [5, 5.41) is 7.53. The first-order valence-electron chi connectivity index (χ1n) is 2.67. The van der Waals surface area contributed by atoms with Gasteiger partial charge in [0.1, 0.15) is 5.94 Å². The van der Waals surface area contributed by atoms with Gasteiger partial charge in [0.25, 0.3) is 0 Å². The Labute approximate surface area is 86.8 Å². The molecule has 0 bridgehead atoms. The normalized spacial score (nSPS) is 11.0. The molecule has 0 radical (unpaired) electrons. The smallest absolute Gasteiger partial charge is 0.771 e. The summed E-state index contributed by atoms with van der Waals surface area (Å²) in [6, 6.07) is 0. The van der Waals surface area contributed by atoms with Gasteiger partial charge in [0.2, 0.25) is 0 Å². The minimum Gasteiger partial charge on any atom is -0.771 e. The molecule has 0 aliphatic carbocycles. The van der Waals surface area contributed by atoms with Crippen LogP contribution in [0.4, 0.5) is 0 Å². The first-order chi connectivity index (χ1) is 4.00. The number of aliphatic hydroxyl groups excluding tert-OH is 1. The third-order valence-corrected chi connectivity index (χ3v) is 0.316. The largest absolute Gasteiger partial charge is 1.00 e. The number of aliphatic hydroxyl groups is 1. The van der Waals surface area contributed by atoms with E-state index in [4.69, 9.17) is 13.9 Å². The zero-order valence-electron chi connectivity index (χ0n) is 6.96. The molecule has 0 amide bonds. The molecule has 58 valence electrons. The maximum atomic E-state index is 9.12. The van der Waals surface area contributed by atoms with Crippen molar-refractivity contribution in [2.75, 3.05) is 5.94 Å². The minimum absolute atomic E-state index is 0. The molecule has 1 N–H and O–H groups in total. The molecule has 0 heterocycles. The SMILES string of the molecule is CC(C)C.O=S([O-])CO.[Na+]. The summed E-state index contributed by atoms with van der Waals surface area (Å²) in [6.07, 6.45) is 0. The van der Waals surface area contributed by atoms with Gasteiger partial charge < -0.3 is 9.66 Å². The summed E-state index contributed by atoms with van der Waals surface area (Å²) in [6.45, 7) is 6.50. The zero-order chi connectivity index (χ0) is 7.86. The van der Waals surface area contributed by atoms with Crippen LogP contribution in [-0.4, -0.2) is 19.8 Å². The second-order valence-corrected chi connectivity index (χ2v) is 3.03. The first kappa shape index (κ1) is 17.2. The third-order valence-electron chi connectivity index (χ3n) is 0.105. The first-order valence-corrected chi connectivity index (χ1v) is 3.91. The van der Waals surface area contributed by atoms with Gasteiger partial charge in [0.05, 0.1) is 0 Å². The summed E-state index contributed by atoms with van der Waals surface area (Å²) in [5.41, 5.74) is 0. The van der Waals surface area contributed by atoms with Gasteiger partial charge in [-0.15, -0.1) is 0 Å². The monoisotopic (exact) mass is 176 g/mol. The maximum absolute atomic E-state index is 9.12. The quantitative estimate of drug-likeness (QED) is 0.354. The fourth-order valence-corrected chi connectivity index (χ4v) is 0. The summed E-state index contributed by atoms with van der Waals surface area (Å²) in [5.74, 6) is 0.0556. The average Bonchev–Trinajstić information content (AvgIpc) is 1.65. The van der Waals surface area contributed by atoms with E-state index in [0.717, 1.165) is 5.92 Å². The summed E-state index contributed by atoms with van der Waals surface area (Å²) < 4.78 is 18.2. The zero-order valence-corrected chi connectivity index (χ0v) is 9.77. The molecule has 0 aliphatic rings. The molecule has 0 spiro atoms. The van der Waals surface area contributed by atoms with Crippen LogP contribution >= 0.6 is 0 Å². The molecule has 0 aromatic heterocycles. The topological polar surface area (TPSA) is 60.4 Å². The van der Waals surface area contributed by atoms with Crippen molar-refractivity contribution >= 4 is 11.1 Å². The second-order valence-electron chi connectivity index (χ2n) is 2.16. The predicted molar refractivity (Wildman–Crippen MR) is 36.5 cm³/mol. The standard InChI is InChI=1S/C4H10.CH4O3S.Na/c1-4(2)3;2-1-5(3)4;/h4H,1-3H3;2H,1H2,(H,3,4);/q;;+1/p-1. The molecule has 0 rings (SSSR count). The van der Waals surface area contributed by atoms with Crippen molar-refractivity contribution in [1.29, 1.82) is 0 Å². The van der Waals surface area contributed by atoms with Gasteiger partial charge in [-0.25, -0.2) is 0 Å². The number of hydrogen-bond donors (Lipinski definition) is 1. The summed E-state index contributed by atoms with van der Waals surface area (Å²) in [4.78, 5) is 0. The second kappa shape index (κ2) is 12.7. The van der Waals surface area contributed by atoms with E-state index in [-0.39, 0.29) is 29.6 Å². The van der Waals surface area contributed by atoms with Crippen LogP contribution in [0.3, 0.4) is 0 Å². The van der Waals surface area contributed by atoms with Crippen LogP contribution in [0.1, 0.15) is 20.8 Å². The van der Waals surface area contributed by atoms with Crippen molar-refractivity contribution in [2.24, 2.45) is 5.92 Å². The Hall–Kier alpha value is 1.07. The molecule has 0 aliphatic heterocycles. The molecule has 0 fully saturated rings. The van der Waals surface area contributed by atoms with E-state index < -0.39 is 17.0 Å². The van der Waals surface area contributed by atoms with Crippen LogP contribution in [0.15, 0.2) is 0 Å². The maximum Gasteiger partial charge on any atom is 1.00 e. The fraction of sp³-hybridized carbons (Fsp3) is 1.00. The molecule has 3 nitrogen and oxygen atoms in total. The minimum atomic E-state index is -2.27. The summed E-state index contributed by atoms with van der Waals surface area (Å²) >= 11 is -2.27. The Morgan fingerprint density at radius 1 is 1.50 bits per heavy atom. The third kappa shape index (κ3) is 62.7. The molecule has 5 heteroatoms. The van der Waals surface area contributed by atoms with Crippen LogP contribution in [0.2, 0.25) is 0 Å². The van der Waals surface area contributed by atoms with Crippen LogP contribution in [0.5, 0.6) is 0 Å². The van der Waals surface area contributed by atoms with Gasteiger partial charge in [0, 0.05) is 0 Å². The van der Waals surface area contributed by atoms with Crippen molar-refractivity contribution in [3.8, 4) is 0 Å². The van der Waals surface area contributed by atoms with Crippen LogP contribution in [0, 0.1) is 5.92 Å². The Morgan fingerprint density at radius 3 is 1.60 bits per heavy atom. The van der Waals surface area contributed by atoms with E-state index in [1.807, 2.05) is 0 Å². The van der Waals surface area contributed by atoms with Crippen molar-refractivity contribution in [1.82, 2.24) is 0 Å². The Kier molecular flexibility index (Phi) is 21.9. The van der Waals surface area contributed by atoms with Crippen molar-refractivity contribution in [3.05, 3.63) is 0 Å². The van der Waals surface area contributed by atoms with Crippen LogP contribution in [0.25, 0.3) is 0 Å². The van der Waals surface area contributed by atoms with Gasteiger partial charge in [0.15, 0.2) is 0 Å². The van der Waals surface area contributed by atoms with Crippen molar-refractivity contribution < 1.29 is 43.4 Å². The van der Waals surface area contributed by atoms with E-state index in [0.29, 0.717) is 0 Å². The fourth-order valence-electron chi connectivity index (χ4n) is 0. The van der Waals surface area contributed by atoms with E-state index in [1.165, 1.54) is 0 Å². The average molecular weight is 176 g/mol. The molecule has 10 heavy (non-hydrogen) atoms. The van der Waals surface area contributed by atoms with E-state index >= 15 is 0 Å². The molecule has 0 aromatic rings. The van der Waals surface area contributed by atoms with Gasteiger partial charge >= 0.3 is 29.6 Å². The molecule has 0 saturated heterocycles. The molecular formula is C5H13NaO3S. The van der Waals surface area contributed by atoms with Crippen molar-refractivity contribution in [3.63, 3.8) is 0 Å². The van der Waals surface area contributed by atoms with Crippen LogP contribution in [-0.2, 0) is 11.1 Å². The van der Waals surface area contributed by atoms with Gasteiger partial charge in [-0.05, 0) is 17.0 Å². The molecular weight excluding hydrogens is 163 g/mol. The molecule has 0 aromatic carbocycles. The van der Waals surface area contributed by atoms with Gasteiger partial charge in [-0.1, -0.05) is 20.8 Å². The Bertz CT molecular complexity index is 74.5.